The van der Waals surface area contributed by atoms with Crippen molar-refractivity contribution < 1.29 is 4.74 Å². The Morgan fingerprint density at radius 2 is 2.21 bits per heavy atom. The van der Waals surface area contributed by atoms with E-state index in [4.69, 9.17) is 4.74 Å². The number of hydrogen-bond acceptors (Lipinski definition) is 3. The fourth-order valence-corrected chi connectivity index (χ4v) is 1.65. The molecule has 1 saturated carbocycles. The van der Waals surface area contributed by atoms with Crippen LogP contribution in [0.15, 0.2) is 12.3 Å². The largest absolute Gasteiger partial charge is 0.488 e. The van der Waals surface area contributed by atoms with Gasteiger partial charge >= 0.3 is 0 Å². The Labute approximate surface area is 97.6 Å². The Morgan fingerprint density at radius 3 is 2.71 bits per heavy atom. The molecule has 1 aromatic heterocycles. The summed E-state index contributed by atoms with van der Waals surface area (Å²) in [4.78, 5) is 6.31. The van der Waals surface area contributed by atoms with Gasteiger partial charge in [0.05, 0.1) is 15.9 Å². The first-order valence-electron chi connectivity index (χ1n) is 4.66. The predicted molar refractivity (Wildman–Crippen MR) is 64.9 cm³/mol. The second-order valence-electron chi connectivity index (χ2n) is 3.68. The van der Waals surface area contributed by atoms with Crippen LogP contribution in [0.3, 0.4) is 0 Å². The number of pyridine rings is 1. The molecule has 0 spiro atoms. The summed E-state index contributed by atoms with van der Waals surface area (Å²) < 4.78 is 6.83. The third kappa shape index (κ3) is 2.29. The summed E-state index contributed by atoms with van der Waals surface area (Å²) >= 11 is 2.29. The highest BCUT2D eigenvalue weighted by Gasteiger charge is 2.24. The summed E-state index contributed by atoms with van der Waals surface area (Å²) in [5.74, 6) is 1.89. The van der Waals surface area contributed by atoms with Crippen molar-refractivity contribution in [2.24, 2.45) is 0 Å². The maximum Gasteiger partial charge on any atom is 0.151 e. The van der Waals surface area contributed by atoms with Crippen molar-refractivity contribution in [2.45, 2.75) is 18.9 Å². The van der Waals surface area contributed by atoms with Gasteiger partial charge in [-0.2, -0.15) is 0 Å². The van der Waals surface area contributed by atoms with Gasteiger partial charge in [0.25, 0.3) is 0 Å². The van der Waals surface area contributed by atoms with Crippen LogP contribution in [0.2, 0.25) is 0 Å². The molecule has 1 aliphatic rings. The molecule has 0 radical (unpaired) electrons. The normalized spacial score (nSPS) is 15.4. The van der Waals surface area contributed by atoms with Crippen molar-refractivity contribution in [2.75, 3.05) is 19.0 Å². The zero-order chi connectivity index (χ0) is 10.1. The molecule has 0 atom stereocenters. The molecular weight excluding hydrogens is 291 g/mol. The molecule has 0 amide bonds. The highest BCUT2D eigenvalue weighted by atomic mass is 127. The minimum atomic E-state index is 0.440. The Kier molecular flexibility index (Phi) is 2.80. The van der Waals surface area contributed by atoms with Gasteiger partial charge in [0.1, 0.15) is 5.82 Å². The minimum Gasteiger partial charge on any atom is -0.488 e. The van der Waals surface area contributed by atoms with Gasteiger partial charge in [0.15, 0.2) is 5.75 Å². The lowest BCUT2D eigenvalue weighted by molar-refractivity contribution is 0.300. The van der Waals surface area contributed by atoms with Crippen molar-refractivity contribution in [1.29, 1.82) is 0 Å². The Bertz CT molecular complexity index is 337. The molecule has 1 aliphatic carbocycles. The molecule has 76 valence electrons. The van der Waals surface area contributed by atoms with E-state index in [2.05, 4.69) is 27.6 Å². The third-order valence-corrected chi connectivity index (χ3v) is 2.92. The quantitative estimate of drug-likeness (QED) is 0.801. The number of rotatable bonds is 3. The summed E-state index contributed by atoms with van der Waals surface area (Å²) in [7, 11) is 3.97. The second kappa shape index (κ2) is 3.92. The van der Waals surface area contributed by atoms with Crippen molar-refractivity contribution >= 4 is 28.4 Å². The van der Waals surface area contributed by atoms with Gasteiger partial charge < -0.3 is 9.64 Å². The van der Waals surface area contributed by atoms with Crippen LogP contribution in [-0.2, 0) is 0 Å². The maximum atomic E-state index is 5.70. The lowest BCUT2D eigenvalue weighted by atomic mass is 10.4. The Balaban J connectivity index is 2.17. The number of nitrogens with zero attached hydrogens (tertiary/aromatic N) is 2. The van der Waals surface area contributed by atoms with Crippen LogP contribution in [0.25, 0.3) is 0 Å². The molecule has 3 nitrogen and oxygen atoms in total. The molecule has 0 bridgehead atoms. The topological polar surface area (TPSA) is 25.4 Å². The summed E-state index contributed by atoms with van der Waals surface area (Å²) in [6, 6.07) is 2.04. The van der Waals surface area contributed by atoms with E-state index in [0.717, 1.165) is 15.1 Å². The highest BCUT2D eigenvalue weighted by molar-refractivity contribution is 14.1. The van der Waals surface area contributed by atoms with Crippen LogP contribution < -0.4 is 9.64 Å². The fraction of sp³-hybridized carbons (Fsp3) is 0.500. The maximum absolute atomic E-state index is 5.70. The van der Waals surface area contributed by atoms with Crippen LogP contribution >= 0.6 is 22.6 Å². The van der Waals surface area contributed by atoms with Crippen molar-refractivity contribution in [1.82, 2.24) is 4.98 Å². The van der Waals surface area contributed by atoms with Crippen LogP contribution in [0.4, 0.5) is 5.82 Å². The first kappa shape index (κ1) is 10.0. The molecule has 0 saturated heterocycles. The zero-order valence-electron chi connectivity index (χ0n) is 8.33. The molecule has 2 rings (SSSR count). The molecule has 0 unspecified atom stereocenters. The first-order valence-corrected chi connectivity index (χ1v) is 5.74. The standard InChI is InChI=1S/C10H13IN2O/c1-13(2)10-5-8(11)9(6-12-10)14-7-3-4-7/h5-7H,3-4H2,1-2H3. The van der Waals surface area contributed by atoms with Gasteiger partial charge in [0, 0.05) is 14.1 Å². The van der Waals surface area contributed by atoms with Crippen LogP contribution in [0.1, 0.15) is 12.8 Å². The van der Waals surface area contributed by atoms with E-state index in [-0.39, 0.29) is 0 Å². The van der Waals surface area contributed by atoms with Gasteiger partial charge in [-0.15, -0.1) is 0 Å². The van der Waals surface area contributed by atoms with Crippen molar-refractivity contribution in [3.8, 4) is 5.75 Å². The van der Waals surface area contributed by atoms with E-state index in [0.29, 0.717) is 6.10 Å². The summed E-state index contributed by atoms with van der Waals surface area (Å²) in [6.45, 7) is 0. The number of ether oxygens (including phenoxy) is 1. The van der Waals surface area contributed by atoms with Gasteiger partial charge in [-0.3, -0.25) is 0 Å². The van der Waals surface area contributed by atoms with E-state index in [1.807, 2.05) is 31.3 Å². The fourth-order valence-electron chi connectivity index (χ4n) is 1.10. The number of halogens is 1. The summed E-state index contributed by atoms with van der Waals surface area (Å²) in [5, 5.41) is 0. The average Bonchev–Trinajstić information content (AvgIpc) is 2.92. The van der Waals surface area contributed by atoms with Gasteiger partial charge in [-0.25, -0.2) is 4.98 Å². The number of aromatic nitrogens is 1. The summed E-state index contributed by atoms with van der Waals surface area (Å²) in [5.41, 5.74) is 0. The van der Waals surface area contributed by atoms with Crippen LogP contribution in [0.5, 0.6) is 5.75 Å². The van der Waals surface area contributed by atoms with Crippen molar-refractivity contribution in [3.05, 3.63) is 15.8 Å². The number of hydrogen-bond donors (Lipinski definition) is 0. The van der Waals surface area contributed by atoms with Gasteiger partial charge in [0.2, 0.25) is 0 Å². The van der Waals surface area contributed by atoms with E-state index >= 15 is 0 Å². The van der Waals surface area contributed by atoms with E-state index < -0.39 is 0 Å². The van der Waals surface area contributed by atoms with E-state index in [1.54, 1.807) is 0 Å². The molecule has 0 aromatic carbocycles. The molecule has 1 aromatic rings. The predicted octanol–water partition coefficient (Wildman–Crippen LogP) is 2.29. The van der Waals surface area contributed by atoms with Gasteiger partial charge in [-0.1, -0.05) is 0 Å². The van der Waals surface area contributed by atoms with E-state index in [1.165, 1.54) is 12.8 Å². The Hall–Kier alpha value is -0.520. The first-order chi connectivity index (χ1) is 6.66. The third-order valence-electron chi connectivity index (χ3n) is 2.08. The minimum absolute atomic E-state index is 0.440. The zero-order valence-corrected chi connectivity index (χ0v) is 10.5. The summed E-state index contributed by atoms with van der Waals surface area (Å²) in [6.07, 6.45) is 4.63. The number of anilines is 1. The monoisotopic (exact) mass is 304 g/mol. The smallest absolute Gasteiger partial charge is 0.151 e. The van der Waals surface area contributed by atoms with Crippen LogP contribution in [0, 0.1) is 3.57 Å². The molecule has 0 N–H and O–H groups in total. The van der Waals surface area contributed by atoms with Crippen molar-refractivity contribution in [3.63, 3.8) is 0 Å². The molecule has 14 heavy (non-hydrogen) atoms. The highest BCUT2D eigenvalue weighted by Crippen LogP contribution is 2.30. The SMILES string of the molecule is CN(C)c1cc(I)c(OC2CC2)cn1. The second-order valence-corrected chi connectivity index (χ2v) is 4.85. The van der Waals surface area contributed by atoms with E-state index in [9.17, 15) is 0 Å². The van der Waals surface area contributed by atoms with Crippen LogP contribution in [-0.4, -0.2) is 25.2 Å². The molecule has 0 aliphatic heterocycles. The molecule has 4 heteroatoms. The average molecular weight is 304 g/mol. The lowest BCUT2D eigenvalue weighted by Gasteiger charge is -2.13. The lowest BCUT2D eigenvalue weighted by Crippen LogP contribution is -2.11. The molecule has 1 fully saturated rings. The molecular formula is C10H13IN2O. The molecule has 1 heterocycles. The Morgan fingerprint density at radius 1 is 1.50 bits per heavy atom. The van der Waals surface area contributed by atoms with Gasteiger partial charge in [-0.05, 0) is 41.5 Å².